The van der Waals surface area contributed by atoms with E-state index >= 15 is 0 Å². The lowest BCUT2D eigenvalue weighted by Gasteiger charge is -2.10. The molecule has 0 radical (unpaired) electrons. The lowest BCUT2D eigenvalue weighted by molar-refractivity contribution is 0.0983. The second kappa shape index (κ2) is 4.23. The molecule has 0 amide bonds. The summed E-state index contributed by atoms with van der Waals surface area (Å²) in [5.74, 6) is 0.720. The second-order valence-corrected chi connectivity index (χ2v) is 4.62. The van der Waals surface area contributed by atoms with Crippen LogP contribution in [-0.4, -0.2) is 30.8 Å². The van der Waals surface area contributed by atoms with Crippen LogP contribution < -0.4 is 9.47 Å². The van der Waals surface area contributed by atoms with Crippen LogP contribution in [-0.2, 0) is 0 Å². The summed E-state index contributed by atoms with van der Waals surface area (Å²) in [7, 11) is 3.06. The number of H-pyrrole nitrogens is 1. The quantitative estimate of drug-likeness (QED) is 0.911. The van der Waals surface area contributed by atoms with Gasteiger partial charge in [0.25, 0.3) is 0 Å². The van der Waals surface area contributed by atoms with Gasteiger partial charge in [-0.25, -0.2) is 0 Å². The fourth-order valence-electron chi connectivity index (χ4n) is 2.53. The van der Waals surface area contributed by atoms with Crippen molar-refractivity contribution in [3.63, 3.8) is 0 Å². The Labute approximate surface area is 115 Å². The molecule has 1 aliphatic carbocycles. The second-order valence-electron chi connectivity index (χ2n) is 4.62. The van der Waals surface area contributed by atoms with Gasteiger partial charge >= 0.3 is 0 Å². The normalized spacial score (nSPS) is 14.2. The van der Waals surface area contributed by atoms with Crippen molar-refractivity contribution in [3.8, 4) is 11.5 Å². The first-order chi connectivity index (χ1) is 9.58. The van der Waals surface area contributed by atoms with Crippen molar-refractivity contribution in [2.45, 2.75) is 6.92 Å². The maximum absolute atomic E-state index is 12.4. The zero-order valence-corrected chi connectivity index (χ0v) is 11.4. The molecule has 5 heteroatoms. The Morgan fingerprint density at radius 3 is 2.35 bits per heavy atom. The maximum Gasteiger partial charge on any atom is 0.203 e. The molecule has 0 bridgehead atoms. The van der Waals surface area contributed by atoms with Crippen LogP contribution in [0.3, 0.4) is 0 Å². The Hall–Kier alpha value is -2.56. The smallest absolute Gasteiger partial charge is 0.203 e. The molecule has 102 valence electrons. The van der Waals surface area contributed by atoms with Gasteiger partial charge in [0.1, 0.15) is 11.5 Å². The van der Waals surface area contributed by atoms with Crippen LogP contribution in [0.15, 0.2) is 23.8 Å². The highest BCUT2D eigenvalue weighted by Gasteiger charge is 2.30. The lowest BCUT2D eigenvalue weighted by atomic mass is 9.93. The number of fused-ring (bicyclic) bond motifs is 3. The summed E-state index contributed by atoms with van der Waals surface area (Å²) in [6.07, 6.45) is 1.35. The summed E-state index contributed by atoms with van der Waals surface area (Å²) in [5, 5.41) is 0.590. The molecule has 0 atom stereocenters. The van der Waals surface area contributed by atoms with E-state index < -0.39 is 0 Å². The van der Waals surface area contributed by atoms with Gasteiger partial charge in [-0.1, -0.05) is 0 Å². The molecular formula is C15H13NO4. The van der Waals surface area contributed by atoms with E-state index in [0.29, 0.717) is 39.2 Å². The molecule has 0 saturated heterocycles. The fraction of sp³-hybridized carbons (Fsp3) is 0.200. The highest BCUT2D eigenvalue weighted by molar-refractivity contribution is 6.29. The number of aromatic nitrogens is 1. The molecule has 3 rings (SSSR count). The molecule has 0 fully saturated rings. The van der Waals surface area contributed by atoms with Crippen LogP contribution in [0, 0.1) is 0 Å². The van der Waals surface area contributed by atoms with Crippen LogP contribution in [0.4, 0.5) is 0 Å². The van der Waals surface area contributed by atoms with Crippen molar-refractivity contribution in [1.29, 1.82) is 0 Å². The Morgan fingerprint density at radius 2 is 1.70 bits per heavy atom. The standard InChI is InChI=1S/C15H13NO4/c1-7-6-8(17)13-12(15(7)18)11-9(19-2)4-5-10(20-3)14(11)16-13/h4-6,16H,1-3H3. The Morgan fingerprint density at radius 1 is 1.05 bits per heavy atom. The molecule has 5 nitrogen and oxygen atoms in total. The molecule has 2 aromatic rings. The number of carbonyl (C=O) groups is 2. The van der Waals surface area contributed by atoms with Crippen LogP contribution in [0.5, 0.6) is 11.5 Å². The Kier molecular flexibility index (Phi) is 2.64. The highest BCUT2D eigenvalue weighted by Crippen LogP contribution is 2.39. The van der Waals surface area contributed by atoms with E-state index in [1.165, 1.54) is 20.3 Å². The van der Waals surface area contributed by atoms with Gasteiger partial charge in [-0.3, -0.25) is 9.59 Å². The Balaban J connectivity index is 2.46. The van der Waals surface area contributed by atoms with E-state index in [1.54, 1.807) is 19.1 Å². The van der Waals surface area contributed by atoms with Crippen molar-refractivity contribution < 1.29 is 19.1 Å². The molecule has 0 unspecified atom stereocenters. The van der Waals surface area contributed by atoms with Gasteiger partial charge in [-0.15, -0.1) is 0 Å². The molecule has 1 heterocycles. The largest absolute Gasteiger partial charge is 0.496 e. The van der Waals surface area contributed by atoms with Gasteiger partial charge in [-0.2, -0.15) is 0 Å². The number of Topliss-reactive ketones (excluding diaryl/α,β-unsaturated/α-hetero) is 1. The monoisotopic (exact) mass is 271 g/mol. The number of aromatic amines is 1. The van der Waals surface area contributed by atoms with Gasteiger partial charge in [0, 0.05) is 5.57 Å². The van der Waals surface area contributed by atoms with Crippen LogP contribution in [0.1, 0.15) is 27.8 Å². The van der Waals surface area contributed by atoms with Crippen molar-refractivity contribution in [2.75, 3.05) is 14.2 Å². The molecule has 1 N–H and O–H groups in total. The summed E-state index contributed by atoms with van der Waals surface area (Å²) in [6.45, 7) is 1.63. The number of ether oxygens (including phenoxy) is 2. The predicted molar refractivity (Wildman–Crippen MR) is 73.8 cm³/mol. The van der Waals surface area contributed by atoms with Gasteiger partial charge in [-0.05, 0) is 25.1 Å². The average Bonchev–Trinajstić information content (AvgIpc) is 2.85. The van der Waals surface area contributed by atoms with E-state index in [9.17, 15) is 9.59 Å². The predicted octanol–water partition coefficient (Wildman–Crippen LogP) is 2.51. The maximum atomic E-state index is 12.4. The third kappa shape index (κ3) is 1.49. The van der Waals surface area contributed by atoms with Gasteiger partial charge < -0.3 is 14.5 Å². The first-order valence-electron chi connectivity index (χ1n) is 6.12. The zero-order chi connectivity index (χ0) is 14.4. The van der Waals surface area contributed by atoms with E-state index in [0.717, 1.165) is 0 Å². The van der Waals surface area contributed by atoms with E-state index in [-0.39, 0.29) is 11.6 Å². The molecule has 1 aromatic carbocycles. The van der Waals surface area contributed by atoms with Crippen molar-refractivity contribution >= 4 is 22.5 Å². The number of hydrogen-bond acceptors (Lipinski definition) is 4. The van der Waals surface area contributed by atoms with Crippen LogP contribution in [0.2, 0.25) is 0 Å². The first-order valence-corrected chi connectivity index (χ1v) is 6.12. The average molecular weight is 271 g/mol. The van der Waals surface area contributed by atoms with Crippen molar-refractivity contribution in [3.05, 3.63) is 35.0 Å². The first kappa shape index (κ1) is 12.5. The van der Waals surface area contributed by atoms with E-state index in [4.69, 9.17) is 9.47 Å². The van der Waals surface area contributed by atoms with Gasteiger partial charge in [0.05, 0.1) is 36.4 Å². The summed E-state index contributed by atoms with van der Waals surface area (Å²) in [6, 6.07) is 3.46. The van der Waals surface area contributed by atoms with Crippen molar-refractivity contribution in [2.24, 2.45) is 0 Å². The van der Waals surface area contributed by atoms with Crippen molar-refractivity contribution in [1.82, 2.24) is 4.98 Å². The number of nitrogens with one attached hydrogen (secondary N) is 1. The van der Waals surface area contributed by atoms with E-state index in [2.05, 4.69) is 4.98 Å². The van der Waals surface area contributed by atoms with Crippen LogP contribution in [0.25, 0.3) is 10.9 Å². The molecule has 0 aliphatic heterocycles. The molecule has 0 saturated carbocycles. The van der Waals surface area contributed by atoms with Gasteiger partial charge in [0.15, 0.2) is 5.78 Å². The molecule has 1 aromatic heterocycles. The molecule has 20 heavy (non-hydrogen) atoms. The molecule has 1 aliphatic rings. The topological polar surface area (TPSA) is 68.4 Å². The number of methoxy groups -OCH3 is 2. The number of carbonyl (C=O) groups excluding carboxylic acids is 2. The summed E-state index contributed by atoms with van der Waals surface area (Å²) < 4.78 is 10.6. The minimum absolute atomic E-state index is 0.169. The number of rotatable bonds is 2. The third-order valence-electron chi connectivity index (χ3n) is 3.50. The molecule has 0 spiro atoms. The van der Waals surface area contributed by atoms with E-state index in [1.807, 2.05) is 0 Å². The zero-order valence-electron chi connectivity index (χ0n) is 11.4. The summed E-state index contributed by atoms with van der Waals surface area (Å²) in [4.78, 5) is 27.4. The highest BCUT2D eigenvalue weighted by atomic mass is 16.5. The minimum atomic E-state index is -0.211. The number of ketones is 2. The Bertz CT molecular complexity index is 783. The number of allylic oxidation sites excluding steroid dienone is 2. The van der Waals surface area contributed by atoms with Gasteiger partial charge in [0.2, 0.25) is 5.78 Å². The summed E-state index contributed by atoms with van der Waals surface area (Å²) in [5.41, 5.74) is 1.68. The third-order valence-corrected chi connectivity index (χ3v) is 3.50. The molecular weight excluding hydrogens is 258 g/mol. The minimum Gasteiger partial charge on any atom is -0.496 e. The summed E-state index contributed by atoms with van der Waals surface area (Å²) >= 11 is 0. The fourth-order valence-corrected chi connectivity index (χ4v) is 2.53. The SMILES string of the molecule is COc1ccc(OC)c2c3c([nH]c12)C(=O)C=C(C)C3=O. The number of hydrogen-bond donors (Lipinski definition) is 1. The number of benzene rings is 1. The lowest BCUT2D eigenvalue weighted by Crippen LogP contribution is -2.14. The van der Waals surface area contributed by atoms with Crippen LogP contribution >= 0.6 is 0 Å².